The van der Waals surface area contributed by atoms with Crippen molar-refractivity contribution < 1.29 is 5.11 Å². The Morgan fingerprint density at radius 2 is 1.62 bits per heavy atom. The van der Waals surface area contributed by atoms with Crippen molar-refractivity contribution >= 4 is 0 Å². The van der Waals surface area contributed by atoms with Crippen molar-refractivity contribution in [1.82, 2.24) is 0 Å². The van der Waals surface area contributed by atoms with Gasteiger partial charge in [0.2, 0.25) is 0 Å². The standard InChI is InChI=1S/C20H34O/c1-17(2)9-5-10-18(3)15(17)8-11-20-12-14(6-7-16(18)20)19(4,21)13-20/h14-16,21H,5-13H2,1-4H3/t14-,15+,16+,18-,19-,20+/m1/s1. The second-order valence-electron chi connectivity index (χ2n) is 10.4. The second kappa shape index (κ2) is 4.08. The van der Waals surface area contributed by atoms with Crippen LogP contribution in [-0.4, -0.2) is 10.7 Å². The van der Waals surface area contributed by atoms with Gasteiger partial charge in [0.25, 0.3) is 0 Å². The molecule has 6 atom stereocenters. The highest BCUT2D eigenvalue weighted by molar-refractivity contribution is 5.15. The van der Waals surface area contributed by atoms with Crippen LogP contribution in [0.4, 0.5) is 0 Å². The topological polar surface area (TPSA) is 20.2 Å². The molecule has 4 aliphatic carbocycles. The van der Waals surface area contributed by atoms with Crippen LogP contribution in [0.15, 0.2) is 0 Å². The molecule has 0 aromatic rings. The molecule has 0 amide bonds. The summed E-state index contributed by atoms with van der Waals surface area (Å²) in [5, 5.41) is 10.9. The van der Waals surface area contributed by atoms with Gasteiger partial charge in [0.05, 0.1) is 5.60 Å². The third-order valence-electron chi connectivity index (χ3n) is 8.79. The Bertz CT molecular complexity index is 451. The zero-order chi connectivity index (χ0) is 15.1. The van der Waals surface area contributed by atoms with Crippen molar-refractivity contribution in [1.29, 1.82) is 0 Å². The third-order valence-corrected chi connectivity index (χ3v) is 8.79. The number of hydrogen-bond acceptors (Lipinski definition) is 1. The van der Waals surface area contributed by atoms with Crippen LogP contribution in [0.25, 0.3) is 0 Å². The first kappa shape index (κ1) is 14.5. The molecule has 2 bridgehead atoms. The minimum atomic E-state index is -0.373. The molecule has 0 unspecified atom stereocenters. The quantitative estimate of drug-likeness (QED) is 0.652. The minimum absolute atomic E-state index is 0.373. The maximum absolute atomic E-state index is 10.9. The predicted octanol–water partition coefficient (Wildman–Crippen LogP) is 5.17. The summed E-state index contributed by atoms with van der Waals surface area (Å²) in [5.74, 6) is 2.38. The summed E-state index contributed by atoms with van der Waals surface area (Å²) in [6, 6.07) is 0. The van der Waals surface area contributed by atoms with Crippen LogP contribution >= 0.6 is 0 Å². The largest absolute Gasteiger partial charge is 0.390 e. The van der Waals surface area contributed by atoms with Gasteiger partial charge in [0.15, 0.2) is 0 Å². The fourth-order valence-corrected chi connectivity index (χ4v) is 8.12. The van der Waals surface area contributed by atoms with Crippen LogP contribution in [0.5, 0.6) is 0 Å². The Morgan fingerprint density at radius 1 is 0.857 bits per heavy atom. The summed E-state index contributed by atoms with van der Waals surface area (Å²) >= 11 is 0. The van der Waals surface area contributed by atoms with E-state index in [1.165, 1.54) is 51.4 Å². The molecule has 0 aromatic carbocycles. The molecule has 0 radical (unpaired) electrons. The summed E-state index contributed by atoms with van der Waals surface area (Å²) in [5.41, 5.74) is 1.20. The monoisotopic (exact) mass is 290 g/mol. The molecule has 120 valence electrons. The van der Waals surface area contributed by atoms with Gasteiger partial charge in [-0.3, -0.25) is 0 Å². The first-order valence-electron chi connectivity index (χ1n) is 9.42. The summed E-state index contributed by atoms with van der Waals surface area (Å²) < 4.78 is 0. The second-order valence-corrected chi connectivity index (χ2v) is 10.4. The highest BCUT2D eigenvalue weighted by Crippen LogP contribution is 2.72. The zero-order valence-corrected chi connectivity index (χ0v) is 14.5. The van der Waals surface area contributed by atoms with Gasteiger partial charge in [0, 0.05) is 0 Å². The molecule has 4 rings (SSSR count). The van der Waals surface area contributed by atoms with Gasteiger partial charge in [-0.15, -0.1) is 0 Å². The van der Waals surface area contributed by atoms with E-state index in [9.17, 15) is 5.11 Å². The number of aliphatic hydroxyl groups is 1. The van der Waals surface area contributed by atoms with Gasteiger partial charge < -0.3 is 5.11 Å². The summed E-state index contributed by atoms with van der Waals surface area (Å²) in [6.45, 7) is 9.83. The van der Waals surface area contributed by atoms with Crippen molar-refractivity contribution in [3.05, 3.63) is 0 Å². The number of hydrogen-bond donors (Lipinski definition) is 1. The fraction of sp³-hybridized carbons (Fsp3) is 1.00. The predicted molar refractivity (Wildman–Crippen MR) is 87.0 cm³/mol. The van der Waals surface area contributed by atoms with Crippen molar-refractivity contribution in [3.63, 3.8) is 0 Å². The van der Waals surface area contributed by atoms with Gasteiger partial charge in [-0.05, 0) is 92.3 Å². The average molecular weight is 290 g/mol. The molecule has 0 saturated heterocycles. The third kappa shape index (κ3) is 1.79. The molecular weight excluding hydrogens is 256 g/mol. The van der Waals surface area contributed by atoms with Crippen LogP contribution in [-0.2, 0) is 0 Å². The van der Waals surface area contributed by atoms with Crippen LogP contribution in [0.3, 0.4) is 0 Å². The maximum Gasteiger partial charge on any atom is 0.0653 e. The first-order chi connectivity index (χ1) is 9.70. The number of rotatable bonds is 0. The van der Waals surface area contributed by atoms with Crippen molar-refractivity contribution in [2.45, 2.75) is 91.1 Å². The molecule has 4 saturated carbocycles. The van der Waals surface area contributed by atoms with E-state index in [1.807, 2.05) is 0 Å². The molecule has 0 aliphatic heterocycles. The SMILES string of the molecule is CC1(C)CCC[C@@]2(C)[C@@H]3CC[C@@H]4C[C@@]3(CC[C@@H]12)C[C@@]4(C)O. The Hall–Kier alpha value is -0.0400. The molecule has 1 heteroatoms. The Morgan fingerprint density at radius 3 is 2.38 bits per heavy atom. The van der Waals surface area contributed by atoms with E-state index in [4.69, 9.17) is 0 Å². The van der Waals surface area contributed by atoms with E-state index < -0.39 is 0 Å². The van der Waals surface area contributed by atoms with E-state index in [-0.39, 0.29) is 5.60 Å². The van der Waals surface area contributed by atoms with Gasteiger partial charge in [0.1, 0.15) is 0 Å². The van der Waals surface area contributed by atoms with Crippen molar-refractivity contribution in [3.8, 4) is 0 Å². The molecule has 1 N–H and O–H groups in total. The molecule has 1 spiro atoms. The van der Waals surface area contributed by atoms with E-state index >= 15 is 0 Å². The lowest BCUT2D eigenvalue weighted by Gasteiger charge is -2.64. The Kier molecular flexibility index (Phi) is 2.82. The minimum Gasteiger partial charge on any atom is -0.390 e. The Labute approximate surface area is 130 Å². The normalized spacial score (nSPS) is 58.4. The lowest BCUT2D eigenvalue weighted by atomic mass is 9.41. The van der Waals surface area contributed by atoms with Gasteiger partial charge in [-0.25, -0.2) is 0 Å². The van der Waals surface area contributed by atoms with Crippen molar-refractivity contribution in [2.75, 3.05) is 0 Å². The van der Waals surface area contributed by atoms with Crippen LogP contribution in [0.1, 0.15) is 85.5 Å². The fourth-order valence-electron chi connectivity index (χ4n) is 8.12. The van der Waals surface area contributed by atoms with Crippen LogP contribution in [0.2, 0.25) is 0 Å². The van der Waals surface area contributed by atoms with E-state index in [0.29, 0.717) is 22.2 Å². The van der Waals surface area contributed by atoms with Gasteiger partial charge in [-0.2, -0.15) is 0 Å². The highest BCUT2D eigenvalue weighted by Gasteiger charge is 2.65. The molecule has 0 heterocycles. The van der Waals surface area contributed by atoms with Crippen molar-refractivity contribution in [2.24, 2.45) is 34.0 Å². The molecule has 21 heavy (non-hydrogen) atoms. The summed E-state index contributed by atoms with van der Waals surface area (Å²) in [7, 11) is 0. The average Bonchev–Trinajstić information content (AvgIpc) is 2.53. The number of fused-ring (bicyclic) bond motifs is 3. The van der Waals surface area contributed by atoms with E-state index in [1.54, 1.807) is 0 Å². The highest BCUT2D eigenvalue weighted by atomic mass is 16.3. The maximum atomic E-state index is 10.9. The van der Waals surface area contributed by atoms with Gasteiger partial charge >= 0.3 is 0 Å². The smallest absolute Gasteiger partial charge is 0.0653 e. The molecular formula is C20H34O. The molecule has 4 aliphatic rings. The Balaban J connectivity index is 1.73. The van der Waals surface area contributed by atoms with E-state index in [0.717, 1.165) is 18.3 Å². The van der Waals surface area contributed by atoms with Crippen LogP contribution < -0.4 is 0 Å². The van der Waals surface area contributed by atoms with Gasteiger partial charge in [-0.1, -0.05) is 27.2 Å². The zero-order valence-electron chi connectivity index (χ0n) is 14.5. The van der Waals surface area contributed by atoms with Crippen LogP contribution in [0, 0.1) is 34.0 Å². The summed E-state index contributed by atoms with van der Waals surface area (Å²) in [6.07, 6.45) is 12.2. The molecule has 4 fully saturated rings. The molecule has 0 aromatic heterocycles. The lowest BCUT2D eigenvalue weighted by Crippen LogP contribution is -2.55. The summed E-state index contributed by atoms with van der Waals surface area (Å²) in [4.78, 5) is 0. The first-order valence-corrected chi connectivity index (χ1v) is 9.42. The van der Waals surface area contributed by atoms with E-state index in [2.05, 4.69) is 27.7 Å². The lowest BCUT2D eigenvalue weighted by molar-refractivity contribution is -0.145. The molecule has 1 nitrogen and oxygen atoms in total.